The monoisotopic (exact) mass is 241 g/mol. The number of hydrogen-bond acceptors (Lipinski definition) is 6. The molecule has 1 rings (SSSR count). The summed E-state index contributed by atoms with van der Waals surface area (Å²) in [7, 11) is 1.67. The van der Waals surface area contributed by atoms with Crippen molar-refractivity contribution in [2.45, 2.75) is 13.3 Å². The van der Waals surface area contributed by atoms with Crippen LogP contribution >= 0.6 is 0 Å². The Hall–Kier alpha value is -1.40. The standard InChI is InChI=1S/C11H19N3O3/c1-9-8-13-11(12)14-10(9)17-7-6-16-5-3-4-15-2/h8H,3-7H2,1-2H3,(H2,12,13,14). The number of aryl methyl sites for hydroxylation is 1. The van der Waals surface area contributed by atoms with Crippen LogP contribution in [0.4, 0.5) is 5.95 Å². The van der Waals surface area contributed by atoms with Crippen LogP contribution in [0, 0.1) is 6.92 Å². The van der Waals surface area contributed by atoms with Crippen molar-refractivity contribution in [3.63, 3.8) is 0 Å². The molecule has 96 valence electrons. The summed E-state index contributed by atoms with van der Waals surface area (Å²) >= 11 is 0. The Morgan fingerprint density at radius 3 is 2.82 bits per heavy atom. The summed E-state index contributed by atoms with van der Waals surface area (Å²) in [6.45, 7) is 4.22. The number of ether oxygens (including phenoxy) is 3. The maximum Gasteiger partial charge on any atom is 0.223 e. The first-order valence-corrected chi connectivity index (χ1v) is 5.52. The Labute approximate surface area is 101 Å². The van der Waals surface area contributed by atoms with Gasteiger partial charge in [0.2, 0.25) is 11.8 Å². The average Bonchev–Trinajstić information content (AvgIpc) is 2.32. The van der Waals surface area contributed by atoms with Crippen LogP contribution in [0.2, 0.25) is 0 Å². The van der Waals surface area contributed by atoms with E-state index in [1.807, 2.05) is 6.92 Å². The van der Waals surface area contributed by atoms with Gasteiger partial charge in [0.1, 0.15) is 6.61 Å². The van der Waals surface area contributed by atoms with Gasteiger partial charge >= 0.3 is 0 Å². The van der Waals surface area contributed by atoms with E-state index >= 15 is 0 Å². The van der Waals surface area contributed by atoms with Gasteiger partial charge in [-0.3, -0.25) is 0 Å². The third-order valence-electron chi connectivity index (χ3n) is 2.05. The normalized spacial score (nSPS) is 10.5. The zero-order chi connectivity index (χ0) is 12.5. The molecule has 0 bridgehead atoms. The van der Waals surface area contributed by atoms with Crippen molar-refractivity contribution in [2.75, 3.05) is 39.3 Å². The molecule has 0 unspecified atom stereocenters. The van der Waals surface area contributed by atoms with Gasteiger partial charge in [0, 0.05) is 32.1 Å². The van der Waals surface area contributed by atoms with Gasteiger partial charge < -0.3 is 19.9 Å². The molecule has 6 nitrogen and oxygen atoms in total. The molecular weight excluding hydrogens is 222 g/mol. The van der Waals surface area contributed by atoms with Crippen molar-refractivity contribution < 1.29 is 14.2 Å². The zero-order valence-electron chi connectivity index (χ0n) is 10.3. The van der Waals surface area contributed by atoms with E-state index in [9.17, 15) is 0 Å². The first kappa shape index (κ1) is 13.7. The van der Waals surface area contributed by atoms with Crippen LogP contribution in [-0.2, 0) is 9.47 Å². The first-order valence-electron chi connectivity index (χ1n) is 5.52. The third kappa shape index (κ3) is 5.46. The molecule has 0 fully saturated rings. The minimum Gasteiger partial charge on any atom is -0.475 e. The number of nitrogen functional groups attached to an aromatic ring is 1. The van der Waals surface area contributed by atoms with E-state index in [-0.39, 0.29) is 5.95 Å². The summed E-state index contributed by atoms with van der Waals surface area (Å²) in [6.07, 6.45) is 2.52. The van der Waals surface area contributed by atoms with Crippen molar-refractivity contribution in [3.8, 4) is 5.88 Å². The predicted octanol–water partition coefficient (Wildman–Crippen LogP) is 0.799. The van der Waals surface area contributed by atoms with Crippen LogP contribution in [0.5, 0.6) is 5.88 Å². The second-order valence-electron chi connectivity index (χ2n) is 3.52. The number of rotatable bonds is 8. The Balaban J connectivity index is 2.15. The fourth-order valence-electron chi connectivity index (χ4n) is 1.19. The minimum atomic E-state index is 0.214. The number of aromatic nitrogens is 2. The Morgan fingerprint density at radius 2 is 2.06 bits per heavy atom. The SMILES string of the molecule is COCCCOCCOc1nc(N)ncc1C. The quantitative estimate of drug-likeness (QED) is 0.678. The van der Waals surface area contributed by atoms with Crippen molar-refractivity contribution in [3.05, 3.63) is 11.8 Å². The molecule has 0 amide bonds. The lowest BCUT2D eigenvalue weighted by Gasteiger charge is -2.08. The van der Waals surface area contributed by atoms with Crippen LogP contribution in [-0.4, -0.2) is 43.5 Å². The lowest BCUT2D eigenvalue weighted by atomic mass is 10.4. The largest absolute Gasteiger partial charge is 0.475 e. The Morgan fingerprint density at radius 1 is 1.24 bits per heavy atom. The van der Waals surface area contributed by atoms with E-state index in [1.54, 1.807) is 13.3 Å². The molecule has 0 saturated heterocycles. The second-order valence-corrected chi connectivity index (χ2v) is 3.52. The predicted molar refractivity (Wildman–Crippen MR) is 64.0 cm³/mol. The minimum absolute atomic E-state index is 0.214. The summed E-state index contributed by atoms with van der Waals surface area (Å²) < 4.78 is 15.7. The van der Waals surface area contributed by atoms with Gasteiger partial charge in [0.25, 0.3) is 0 Å². The maximum atomic E-state index is 5.47. The number of nitrogens with two attached hydrogens (primary N) is 1. The topological polar surface area (TPSA) is 79.5 Å². The summed E-state index contributed by atoms with van der Waals surface area (Å²) in [5.41, 5.74) is 6.33. The van der Waals surface area contributed by atoms with Crippen LogP contribution in [0.25, 0.3) is 0 Å². The highest BCUT2D eigenvalue weighted by atomic mass is 16.5. The molecule has 0 saturated carbocycles. The fraction of sp³-hybridized carbons (Fsp3) is 0.636. The molecule has 1 aromatic rings. The van der Waals surface area contributed by atoms with Gasteiger partial charge in [-0.05, 0) is 13.3 Å². The number of methoxy groups -OCH3 is 1. The highest BCUT2D eigenvalue weighted by Gasteiger charge is 2.02. The lowest BCUT2D eigenvalue weighted by molar-refractivity contribution is 0.0794. The van der Waals surface area contributed by atoms with Crippen LogP contribution in [0.15, 0.2) is 6.20 Å². The van der Waals surface area contributed by atoms with Crippen LogP contribution in [0.3, 0.4) is 0 Å². The average molecular weight is 241 g/mol. The van der Waals surface area contributed by atoms with E-state index in [4.69, 9.17) is 19.9 Å². The van der Waals surface area contributed by atoms with Gasteiger partial charge in [-0.1, -0.05) is 0 Å². The molecule has 17 heavy (non-hydrogen) atoms. The molecule has 6 heteroatoms. The molecule has 0 spiro atoms. The fourth-order valence-corrected chi connectivity index (χ4v) is 1.19. The smallest absolute Gasteiger partial charge is 0.223 e. The first-order chi connectivity index (χ1) is 8.24. The molecule has 0 atom stereocenters. The van der Waals surface area contributed by atoms with E-state index in [0.29, 0.717) is 32.3 Å². The molecule has 0 radical (unpaired) electrons. The van der Waals surface area contributed by atoms with Crippen molar-refractivity contribution >= 4 is 5.95 Å². The van der Waals surface area contributed by atoms with Gasteiger partial charge in [-0.25, -0.2) is 4.98 Å². The van der Waals surface area contributed by atoms with Crippen molar-refractivity contribution in [1.82, 2.24) is 9.97 Å². The van der Waals surface area contributed by atoms with Crippen LogP contribution in [0.1, 0.15) is 12.0 Å². The highest BCUT2D eigenvalue weighted by Crippen LogP contribution is 2.13. The number of anilines is 1. The summed E-state index contributed by atoms with van der Waals surface area (Å²) in [5, 5.41) is 0. The number of nitrogens with zero attached hydrogens (tertiary/aromatic N) is 2. The molecule has 1 heterocycles. The summed E-state index contributed by atoms with van der Waals surface area (Å²) in [4.78, 5) is 7.85. The highest BCUT2D eigenvalue weighted by molar-refractivity contribution is 5.28. The van der Waals surface area contributed by atoms with Gasteiger partial charge in [0.15, 0.2) is 0 Å². The third-order valence-corrected chi connectivity index (χ3v) is 2.05. The maximum absolute atomic E-state index is 5.47. The zero-order valence-corrected chi connectivity index (χ0v) is 10.3. The summed E-state index contributed by atoms with van der Waals surface area (Å²) in [5.74, 6) is 0.726. The molecular formula is C11H19N3O3. The van der Waals surface area contributed by atoms with Crippen molar-refractivity contribution in [2.24, 2.45) is 0 Å². The number of hydrogen-bond donors (Lipinski definition) is 1. The van der Waals surface area contributed by atoms with Gasteiger partial charge in [0.05, 0.1) is 6.61 Å². The van der Waals surface area contributed by atoms with E-state index in [0.717, 1.165) is 12.0 Å². The summed E-state index contributed by atoms with van der Waals surface area (Å²) in [6, 6.07) is 0. The molecule has 0 aliphatic carbocycles. The Bertz CT molecular complexity index is 334. The van der Waals surface area contributed by atoms with Crippen molar-refractivity contribution in [1.29, 1.82) is 0 Å². The molecule has 0 aliphatic rings. The lowest BCUT2D eigenvalue weighted by Crippen LogP contribution is -2.10. The Kier molecular flexibility index (Phi) is 6.27. The van der Waals surface area contributed by atoms with Gasteiger partial charge in [-0.2, -0.15) is 4.98 Å². The van der Waals surface area contributed by atoms with E-state index < -0.39 is 0 Å². The molecule has 1 aromatic heterocycles. The molecule has 0 aromatic carbocycles. The van der Waals surface area contributed by atoms with E-state index in [2.05, 4.69) is 9.97 Å². The molecule has 0 aliphatic heterocycles. The molecule has 2 N–H and O–H groups in total. The second kappa shape index (κ2) is 7.81. The van der Waals surface area contributed by atoms with E-state index in [1.165, 1.54) is 0 Å². The van der Waals surface area contributed by atoms with Gasteiger partial charge in [-0.15, -0.1) is 0 Å². The van der Waals surface area contributed by atoms with Crippen LogP contribution < -0.4 is 10.5 Å².